The first-order valence-corrected chi connectivity index (χ1v) is 6.42. The Kier molecular flexibility index (Phi) is 4.55. The van der Waals surface area contributed by atoms with Gasteiger partial charge < -0.3 is 4.42 Å². The van der Waals surface area contributed by atoms with E-state index in [-0.39, 0.29) is 12.2 Å². The van der Waals surface area contributed by atoms with Crippen molar-refractivity contribution in [1.29, 1.82) is 0 Å². The molecule has 0 aliphatic rings. The Balaban J connectivity index is 2.11. The molecule has 0 unspecified atom stereocenters. The summed E-state index contributed by atoms with van der Waals surface area (Å²) in [5, 5.41) is 8.09. The maximum Gasteiger partial charge on any atom is 0.221 e. The number of hydrogen-bond donors (Lipinski definition) is 0. The number of aromatic nitrogens is 2. The molecule has 0 aliphatic heterocycles. The molecule has 0 amide bonds. The fraction of sp³-hybridized carbons (Fsp3) is 0.333. The van der Waals surface area contributed by atoms with Crippen molar-refractivity contribution in [2.45, 2.75) is 19.3 Å². The van der Waals surface area contributed by atoms with Crippen molar-refractivity contribution in [2.24, 2.45) is 0 Å². The van der Waals surface area contributed by atoms with Crippen LogP contribution in [0.4, 0.5) is 4.39 Å². The average Bonchev–Trinajstić information content (AvgIpc) is 2.79. The van der Waals surface area contributed by atoms with E-state index in [1.807, 2.05) is 0 Å². The molecule has 0 fully saturated rings. The van der Waals surface area contributed by atoms with Crippen molar-refractivity contribution in [3.8, 4) is 0 Å². The van der Waals surface area contributed by atoms with Gasteiger partial charge in [-0.1, -0.05) is 17.7 Å². The van der Waals surface area contributed by atoms with Gasteiger partial charge in [0.25, 0.3) is 0 Å². The minimum atomic E-state index is -0.372. The smallest absolute Gasteiger partial charge is 0.221 e. The van der Waals surface area contributed by atoms with E-state index in [9.17, 15) is 4.39 Å². The molecule has 0 radical (unpaired) electrons. The third-order valence-electron chi connectivity index (χ3n) is 2.42. The van der Waals surface area contributed by atoms with Crippen LogP contribution in [-0.2, 0) is 12.8 Å². The van der Waals surface area contributed by atoms with Crippen LogP contribution in [0, 0.1) is 5.82 Å². The Bertz CT molecular complexity index is 510. The number of rotatable bonds is 5. The third kappa shape index (κ3) is 3.21. The predicted molar refractivity (Wildman–Crippen MR) is 67.6 cm³/mol. The molecule has 0 bridgehead atoms. The molecule has 1 aromatic heterocycles. The number of halogens is 3. The van der Waals surface area contributed by atoms with Gasteiger partial charge in [0.05, 0.1) is 6.42 Å². The molecule has 6 heteroatoms. The molecule has 0 aliphatic carbocycles. The van der Waals surface area contributed by atoms with Crippen LogP contribution in [0.25, 0.3) is 0 Å². The Morgan fingerprint density at radius 2 is 2.00 bits per heavy atom. The van der Waals surface area contributed by atoms with Gasteiger partial charge in [0.2, 0.25) is 11.8 Å². The summed E-state index contributed by atoms with van der Waals surface area (Å²) in [6.45, 7) is 0. The minimum Gasteiger partial charge on any atom is -0.425 e. The van der Waals surface area contributed by atoms with Crippen LogP contribution in [0.1, 0.15) is 23.8 Å². The Morgan fingerprint density at radius 3 is 2.72 bits per heavy atom. The van der Waals surface area contributed by atoms with Crippen molar-refractivity contribution in [2.75, 3.05) is 5.88 Å². The molecular weight excluding hydrogens is 278 g/mol. The predicted octanol–water partition coefficient (Wildman–Crippen LogP) is 3.62. The highest BCUT2D eigenvalue weighted by molar-refractivity contribution is 6.31. The summed E-state index contributed by atoms with van der Waals surface area (Å²) >= 11 is 11.5. The molecule has 1 heterocycles. The third-order valence-corrected chi connectivity index (χ3v) is 3.04. The summed E-state index contributed by atoms with van der Waals surface area (Å²) < 4.78 is 18.9. The van der Waals surface area contributed by atoms with E-state index in [2.05, 4.69) is 10.2 Å². The van der Waals surface area contributed by atoms with Gasteiger partial charge in [-0.15, -0.1) is 21.8 Å². The second-order valence-corrected chi connectivity index (χ2v) is 4.54. The van der Waals surface area contributed by atoms with Crippen LogP contribution in [0.2, 0.25) is 5.02 Å². The molecule has 18 heavy (non-hydrogen) atoms. The molecule has 0 atom stereocenters. The minimum absolute atomic E-state index is 0.194. The summed E-state index contributed by atoms with van der Waals surface area (Å²) in [6, 6.07) is 4.54. The van der Waals surface area contributed by atoms with Crippen LogP contribution in [0.5, 0.6) is 0 Å². The second kappa shape index (κ2) is 6.16. The SMILES string of the molecule is Fc1cccc(Cl)c1Cc1nnc(CCCCl)o1. The summed E-state index contributed by atoms with van der Waals surface area (Å²) in [5.41, 5.74) is 0.367. The number of nitrogens with zero attached hydrogens (tertiary/aromatic N) is 2. The van der Waals surface area contributed by atoms with E-state index in [0.717, 1.165) is 6.42 Å². The largest absolute Gasteiger partial charge is 0.425 e. The van der Waals surface area contributed by atoms with Gasteiger partial charge in [0.15, 0.2) is 0 Å². The lowest BCUT2D eigenvalue weighted by Crippen LogP contribution is -1.94. The van der Waals surface area contributed by atoms with Crippen molar-refractivity contribution in [3.05, 3.63) is 46.4 Å². The molecule has 96 valence electrons. The van der Waals surface area contributed by atoms with Gasteiger partial charge in [-0.05, 0) is 18.6 Å². The molecule has 2 aromatic rings. The first kappa shape index (κ1) is 13.3. The number of hydrogen-bond acceptors (Lipinski definition) is 3. The highest BCUT2D eigenvalue weighted by Gasteiger charge is 2.12. The van der Waals surface area contributed by atoms with E-state index in [4.69, 9.17) is 27.6 Å². The summed E-state index contributed by atoms with van der Waals surface area (Å²) in [6.07, 6.45) is 1.59. The maximum absolute atomic E-state index is 13.6. The number of alkyl halides is 1. The lowest BCUT2D eigenvalue weighted by molar-refractivity contribution is 0.453. The molecule has 0 N–H and O–H groups in total. The van der Waals surface area contributed by atoms with Crippen molar-refractivity contribution in [1.82, 2.24) is 10.2 Å². The van der Waals surface area contributed by atoms with E-state index in [1.54, 1.807) is 12.1 Å². The molecule has 2 rings (SSSR count). The fourth-order valence-corrected chi connectivity index (χ4v) is 1.89. The van der Waals surface area contributed by atoms with Crippen LogP contribution < -0.4 is 0 Å². The molecule has 0 saturated carbocycles. The quantitative estimate of drug-likeness (QED) is 0.789. The van der Waals surface area contributed by atoms with Gasteiger partial charge in [-0.2, -0.15) is 0 Å². The van der Waals surface area contributed by atoms with E-state index in [1.165, 1.54) is 6.07 Å². The Hall–Kier alpha value is -1.13. The summed E-state index contributed by atoms with van der Waals surface area (Å²) in [7, 11) is 0. The van der Waals surface area contributed by atoms with Crippen LogP contribution >= 0.6 is 23.2 Å². The summed E-state index contributed by atoms with van der Waals surface area (Å²) in [5.74, 6) is 1.03. The van der Waals surface area contributed by atoms with E-state index < -0.39 is 0 Å². The number of aryl methyl sites for hydroxylation is 1. The molecule has 3 nitrogen and oxygen atoms in total. The Labute approximate surface area is 114 Å². The standard InChI is InChI=1S/C12H11Cl2FN2O/c13-6-2-5-11-16-17-12(18-11)7-8-9(14)3-1-4-10(8)15/h1,3-4H,2,5-7H2. The second-order valence-electron chi connectivity index (χ2n) is 3.76. The van der Waals surface area contributed by atoms with Crippen molar-refractivity contribution in [3.63, 3.8) is 0 Å². The lowest BCUT2D eigenvalue weighted by atomic mass is 10.1. The van der Waals surface area contributed by atoms with Gasteiger partial charge in [0.1, 0.15) is 5.82 Å². The average molecular weight is 289 g/mol. The zero-order valence-electron chi connectivity index (χ0n) is 9.50. The lowest BCUT2D eigenvalue weighted by Gasteiger charge is -2.01. The van der Waals surface area contributed by atoms with E-state index in [0.29, 0.717) is 34.7 Å². The molecule has 1 aromatic carbocycles. The van der Waals surface area contributed by atoms with Crippen LogP contribution in [-0.4, -0.2) is 16.1 Å². The van der Waals surface area contributed by atoms with E-state index >= 15 is 0 Å². The topological polar surface area (TPSA) is 38.9 Å². The highest BCUT2D eigenvalue weighted by Crippen LogP contribution is 2.21. The fourth-order valence-electron chi connectivity index (χ4n) is 1.53. The zero-order chi connectivity index (χ0) is 13.0. The molecule has 0 saturated heterocycles. The van der Waals surface area contributed by atoms with Crippen molar-refractivity contribution < 1.29 is 8.81 Å². The van der Waals surface area contributed by atoms with Crippen LogP contribution in [0.15, 0.2) is 22.6 Å². The number of benzene rings is 1. The van der Waals surface area contributed by atoms with Gasteiger partial charge in [0, 0.05) is 22.9 Å². The normalized spacial score (nSPS) is 10.8. The zero-order valence-corrected chi connectivity index (χ0v) is 11.0. The summed E-state index contributed by atoms with van der Waals surface area (Å²) in [4.78, 5) is 0. The first-order chi connectivity index (χ1) is 8.70. The van der Waals surface area contributed by atoms with Gasteiger partial charge in [-0.25, -0.2) is 4.39 Å². The van der Waals surface area contributed by atoms with Gasteiger partial charge >= 0.3 is 0 Å². The van der Waals surface area contributed by atoms with Gasteiger partial charge in [-0.3, -0.25) is 0 Å². The van der Waals surface area contributed by atoms with Crippen molar-refractivity contribution >= 4 is 23.2 Å². The monoisotopic (exact) mass is 288 g/mol. The first-order valence-electron chi connectivity index (χ1n) is 5.51. The molecule has 0 spiro atoms. The Morgan fingerprint density at radius 1 is 1.22 bits per heavy atom. The molecular formula is C12H11Cl2FN2O. The maximum atomic E-state index is 13.6. The van der Waals surface area contributed by atoms with Crippen LogP contribution in [0.3, 0.4) is 0 Å². The highest BCUT2D eigenvalue weighted by atomic mass is 35.5.